The number of benzene rings is 3. The van der Waals surface area contributed by atoms with E-state index in [0.29, 0.717) is 30.6 Å². The second-order valence-electron chi connectivity index (χ2n) is 8.30. The Balaban J connectivity index is 1.86. The summed E-state index contributed by atoms with van der Waals surface area (Å²) in [6, 6.07) is 17.5. The van der Waals surface area contributed by atoms with Crippen LogP contribution in [0.3, 0.4) is 0 Å². The molecule has 0 aliphatic carbocycles. The Morgan fingerprint density at radius 2 is 1.76 bits per heavy atom. The second kappa shape index (κ2) is 11.7. The van der Waals surface area contributed by atoms with Crippen molar-refractivity contribution in [3.63, 3.8) is 0 Å². The van der Waals surface area contributed by atoms with Crippen LogP contribution in [0.1, 0.15) is 46.8 Å². The molecular weight excluding hydrogens is 420 g/mol. The molecule has 0 spiro atoms. The number of hydrogen-bond acceptors (Lipinski definition) is 3. The summed E-state index contributed by atoms with van der Waals surface area (Å²) in [7, 11) is 1.39. The first-order valence-electron chi connectivity index (χ1n) is 11.4. The highest BCUT2D eigenvalue weighted by atomic mass is 19.1. The third kappa shape index (κ3) is 6.48. The molecule has 0 aromatic heterocycles. The van der Waals surface area contributed by atoms with Crippen molar-refractivity contribution in [2.24, 2.45) is 0 Å². The summed E-state index contributed by atoms with van der Waals surface area (Å²) in [5, 5.41) is 0. The molecule has 3 aromatic rings. The van der Waals surface area contributed by atoms with Gasteiger partial charge in [0.05, 0.1) is 12.7 Å². The zero-order valence-electron chi connectivity index (χ0n) is 19.5. The van der Waals surface area contributed by atoms with Crippen LogP contribution in [0.25, 0.3) is 11.1 Å². The molecule has 0 saturated carbocycles. The zero-order valence-corrected chi connectivity index (χ0v) is 19.5. The van der Waals surface area contributed by atoms with Crippen LogP contribution in [0.4, 0.5) is 8.78 Å². The number of ether oxygens (including phenoxy) is 1. The Labute approximate surface area is 195 Å². The van der Waals surface area contributed by atoms with Crippen molar-refractivity contribution in [1.82, 2.24) is 4.90 Å². The first kappa shape index (κ1) is 24.6. The summed E-state index contributed by atoms with van der Waals surface area (Å²) < 4.78 is 32.4. The van der Waals surface area contributed by atoms with Gasteiger partial charge in [-0.2, -0.15) is 0 Å². The van der Waals surface area contributed by atoms with Crippen molar-refractivity contribution >= 4 is 5.97 Å². The third-order valence-electron chi connectivity index (χ3n) is 5.87. The van der Waals surface area contributed by atoms with Gasteiger partial charge in [-0.3, -0.25) is 4.90 Å². The Morgan fingerprint density at radius 3 is 2.45 bits per heavy atom. The number of methoxy groups -OCH3 is 1. The maximum atomic E-state index is 14.1. The minimum atomic E-state index is -0.562. The van der Waals surface area contributed by atoms with Crippen LogP contribution >= 0.6 is 0 Å². The highest BCUT2D eigenvalue weighted by Gasteiger charge is 2.17. The Bertz CT molecular complexity index is 1100. The van der Waals surface area contributed by atoms with E-state index in [1.54, 1.807) is 0 Å². The normalized spacial score (nSPS) is 11.1. The van der Waals surface area contributed by atoms with Crippen molar-refractivity contribution in [3.8, 4) is 11.1 Å². The molecule has 0 radical (unpaired) electrons. The highest BCUT2D eigenvalue weighted by molar-refractivity contribution is 5.97. The molecule has 0 unspecified atom stereocenters. The van der Waals surface area contributed by atoms with E-state index in [2.05, 4.69) is 11.8 Å². The van der Waals surface area contributed by atoms with E-state index < -0.39 is 11.6 Å². The summed E-state index contributed by atoms with van der Waals surface area (Å²) in [5.41, 5.74) is 5.03. The number of nitrogens with zero attached hydrogens (tertiary/aromatic N) is 1. The second-order valence-corrected chi connectivity index (χ2v) is 8.30. The van der Waals surface area contributed by atoms with Crippen molar-refractivity contribution < 1.29 is 18.3 Å². The van der Waals surface area contributed by atoms with E-state index >= 15 is 0 Å². The van der Waals surface area contributed by atoms with Crippen LogP contribution in [-0.4, -0.2) is 31.1 Å². The van der Waals surface area contributed by atoms with Gasteiger partial charge in [-0.1, -0.05) is 49.7 Å². The van der Waals surface area contributed by atoms with Crippen LogP contribution in [-0.2, 0) is 17.7 Å². The van der Waals surface area contributed by atoms with Gasteiger partial charge in [0.2, 0.25) is 0 Å². The summed E-state index contributed by atoms with van der Waals surface area (Å²) >= 11 is 0. The summed E-state index contributed by atoms with van der Waals surface area (Å²) in [5.74, 6) is -1.43. The van der Waals surface area contributed by atoms with Crippen LogP contribution in [0.2, 0.25) is 0 Å². The molecular formula is C28H31F2NO2. The maximum Gasteiger partial charge on any atom is 0.338 e. The number of carbonyl (C=O) groups excluding carboxylic acids is 1. The lowest BCUT2D eigenvalue weighted by Gasteiger charge is -2.23. The smallest absolute Gasteiger partial charge is 0.338 e. The van der Waals surface area contributed by atoms with E-state index in [1.165, 1.54) is 19.2 Å². The third-order valence-corrected chi connectivity index (χ3v) is 5.87. The Kier molecular flexibility index (Phi) is 8.72. The molecule has 3 nitrogen and oxygen atoms in total. The molecule has 0 bridgehead atoms. The summed E-state index contributed by atoms with van der Waals surface area (Å²) in [4.78, 5) is 14.7. The average molecular weight is 452 g/mol. The number of unbranched alkanes of at least 4 members (excludes halogenated alkanes) is 1. The van der Waals surface area contributed by atoms with Gasteiger partial charge in [0, 0.05) is 19.2 Å². The highest BCUT2D eigenvalue weighted by Crippen LogP contribution is 2.29. The minimum Gasteiger partial charge on any atom is -0.465 e. The molecule has 5 heteroatoms. The van der Waals surface area contributed by atoms with Gasteiger partial charge in [0.15, 0.2) is 0 Å². The fourth-order valence-electron chi connectivity index (χ4n) is 3.99. The van der Waals surface area contributed by atoms with Gasteiger partial charge >= 0.3 is 5.97 Å². The van der Waals surface area contributed by atoms with Gasteiger partial charge in [0.1, 0.15) is 11.6 Å². The lowest BCUT2D eigenvalue weighted by atomic mass is 9.94. The zero-order chi connectivity index (χ0) is 23.8. The summed E-state index contributed by atoms with van der Waals surface area (Å²) in [6.45, 7) is 6.36. The lowest BCUT2D eigenvalue weighted by Crippen LogP contribution is -2.27. The van der Waals surface area contributed by atoms with Crippen molar-refractivity contribution in [2.45, 2.75) is 39.7 Å². The number of rotatable bonds is 10. The predicted molar refractivity (Wildman–Crippen MR) is 128 cm³/mol. The Hall–Kier alpha value is -3.05. The number of esters is 1. The summed E-state index contributed by atoms with van der Waals surface area (Å²) in [6.07, 6.45) is 2.58. The number of aryl methyl sites for hydroxylation is 1. The Morgan fingerprint density at radius 1 is 0.970 bits per heavy atom. The maximum absolute atomic E-state index is 14.1. The number of carbonyl (C=O) groups is 1. The van der Waals surface area contributed by atoms with Crippen LogP contribution in [0.15, 0.2) is 60.7 Å². The van der Waals surface area contributed by atoms with E-state index in [4.69, 9.17) is 4.74 Å². The molecule has 174 valence electrons. The quantitative estimate of drug-likeness (QED) is 0.327. The van der Waals surface area contributed by atoms with Gasteiger partial charge in [-0.25, -0.2) is 13.6 Å². The van der Waals surface area contributed by atoms with Crippen LogP contribution in [0, 0.1) is 18.6 Å². The van der Waals surface area contributed by atoms with Gasteiger partial charge in [-0.15, -0.1) is 0 Å². The fourth-order valence-corrected chi connectivity index (χ4v) is 3.99. The largest absolute Gasteiger partial charge is 0.465 e. The molecule has 0 aliphatic rings. The standard InChI is InChI=1S/C28H31F2NO2/c1-4-5-15-31(16-14-22-11-12-23(29)18-27(22)30)19-21-10-13-25(28(32)33-3)26(17-21)24-9-7-6-8-20(24)2/h6-13,17-18H,4-5,14-16,19H2,1-3H3. The lowest BCUT2D eigenvalue weighted by molar-refractivity contribution is 0.0601. The molecule has 3 aromatic carbocycles. The minimum absolute atomic E-state index is 0.366. The molecule has 0 N–H and O–H groups in total. The van der Waals surface area contributed by atoms with E-state index in [1.807, 2.05) is 49.4 Å². The topological polar surface area (TPSA) is 29.5 Å². The van der Waals surface area contributed by atoms with E-state index in [0.717, 1.165) is 47.7 Å². The van der Waals surface area contributed by atoms with Gasteiger partial charge < -0.3 is 4.74 Å². The predicted octanol–water partition coefficient (Wildman–Crippen LogP) is 6.57. The molecule has 3 rings (SSSR count). The molecule has 0 amide bonds. The number of hydrogen-bond donors (Lipinski definition) is 0. The van der Waals surface area contributed by atoms with Crippen LogP contribution in [0.5, 0.6) is 0 Å². The monoisotopic (exact) mass is 451 g/mol. The molecule has 33 heavy (non-hydrogen) atoms. The van der Waals surface area contributed by atoms with E-state index in [-0.39, 0.29) is 5.97 Å². The average Bonchev–Trinajstić information content (AvgIpc) is 2.81. The SMILES string of the molecule is CCCCN(CCc1ccc(F)cc1F)Cc1ccc(C(=O)OC)c(-c2ccccc2C)c1. The first-order valence-corrected chi connectivity index (χ1v) is 11.4. The first-order chi connectivity index (χ1) is 15.9. The molecule has 0 aliphatic heterocycles. The van der Waals surface area contributed by atoms with Crippen molar-refractivity contribution in [2.75, 3.05) is 20.2 Å². The molecule has 0 saturated heterocycles. The van der Waals surface area contributed by atoms with Gasteiger partial charge in [0.25, 0.3) is 0 Å². The number of halogens is 2. The molecule has 0 fully saturated rings. The molecule has 0 atom stereocenters. The van der Waals surface area contributed by atoms with E-state index in [9.17, 15) is 13.6 Å². The van der Waals surface area contributed by atoms with Crippen molar-refractivity contribution in [3.05, 3.63) is 94.6 Å². The van der Waals surface area contributed by atoms with Crippen molar-refractivity contribution in [1.29, 1.82) is 0 Å². The molecule has 0 heterocycles. The van der Waals surface area contributed by atoms with Gasteiger partial charge in [-0.05, 0) is 72.3 Å². The van der Waals surface area contributed by atoms with Crippen LogP contribution < -0.4 is 0 Å². The fraction of sp³-hybridized carbons (Fsp3) is 0.321.